The molecular formula is C10H12BrNO. The highest BCUT2D eigenvalue weighted by Crippen LogP contribution is 2.34. The molecule has 1 aromatic carbocycles. The molecule has 70 valence electrons. The van der Waals surface area contributed by atoms with E-state index in [0.717, 1.165) is 34.3 Å². The quantitative estimate of drug-likeness (QED) is 0.809. The molecule has 1 fully saturated rings. The molecule has 0 unspecified atom stereocenters. The number of aryl methyl sites for hydroxylation is 1. The molecule has 13 heavy (non-hydrogen) atoms. The molecule has 0 saturated heterocycles. The van der Waals surface area contributed by atoms with Crippen LogP contribution in [-0.2, 0) is 0 Å². The average Bonchev–Trinajstić information content (AvgIpc) is 2.83. The van der Waals surface area contributed by atoms with Crippen molar-refractivity contribution in [2.24, 2.45) is 0 Å². The summed E-state index contributed by atoms with van der Waals surface area (Å²) < 4.78 is 6.69. The molecular weight excluding hydrogens is 230 g/mol. The van der Waals surface area contributed by atoms with Crippen LogP contribution in [0.1, 0.15) is 18.4 Å². The lowest BCUT2D eigenvalue weighted by Crippen LogP contribution is -2.01. The Morgan fingerprint density at radius 1 is 1.46 bits per heavy atom. The largest absolute Gasteiger partial charge is 0.488 e. The van der Waals surface area contributed by atoms with Crippen LogP contribution in [0.25, 0.3) is 0 Å². The molecule has 3 heteroatoms. The van der Waals surface area contributed by atoms with Crippen LogP contribution in [-0.4, -0.2) is 6.10 Å². The molecule has 1 aromatic rings. The van der Waals surface area contributed by atoms with Gasteiger partial charge in [-0.1, -0.05) is 15.9 Å². The van der Waals surface area contributed by atoms with Crippen molar-refractivity contribution in [3.63, 3.8) is 0 Å². The monoisotopic (exact) mass is 241 g/mol. The lowest BCUT2D eigenvalue weighted by Gasteiger charge is -2.10. The van der Waals surface area contributed by atoms with Crippen LogP contribution in [0.5, 0.6) is 5.75 Å². The Morgan fingerprint density at radius 3 is 2.77 bits per heavy atom. The fourth-order valence-corrected chi connectivity index (χ4v) is 1.74. The van der Waals surface area contributed by atoms with Crippen molar-refractivity contribution in [2.45, 2.75) is 25.9 Å². The maximum atomic E-state index is 5.88. The molecule has 2 rings (SSSR count). The van der Waals surface area contributed by atoms with Crippen molar-refractivity contribution < 1.29 is 4.74 Å². The van der Waals surface area contributed by atoms with Gasteiger partial charge in [0.1, 0.15) is 5.75 Å². The van der Waals surface area contributed by atoms with E-state index in [0.29, 0.717) is 6.10 Å². The van der Waals surface area contributed by atoms with Crippen molar-refractivity contribution in [3.05, 3.63) is 22.2 Å². The summed E-state index contributed by atoms with van der Waals surface area (Å²) in [5.74, 6) is 0.814. The highest BCUT2D eigenvalue weighted by atomic mass is 79.9. The minimum absolute atomic E-state index is 0.399. The molecule has 0 amide bonds. The number of ether oxygens (including phenoxy) is 1. The van der Waals surface area contributed by atoms with Crippen LogP contribution < -0.4 is 10.5 Å². The van der Waals surface area contributed by atoms with Gasteiger partial charge in [0, 0.05) is 4.47 Å². The zero-order chi connectivity index (χ0) is 9.42. The van der Waals surface area contributed by atoms with E-state index in [2.05, 4.69) is 15.9 Å². The average molecular weight is 242 g/mol. The normalized spacial score (nSPS) is 15.8. The lowest BCUT2D eigenvalue weighted by atomic mass is 10.2. The predicted octanol–water partition coefficient (Wildman–Crippen LogP) is 2.88. The second-order valence-electron chi connectivity index (χ2n) is 3.45. The SMILES string of the molecule is Cc1cc(Br)cc(OC2CC2)c1N. The summed E-state index contributed by atoms with van der Waals surface area (Å²) in [5, 5.41) is 0. The molecule has 0 heterocycles. The number of benzene rings is 1. The summed E-state index contributed by atoms with van der Waals surface area (Å²) in [5.41, 5.74) is 7.70. The maximum Gasteiger partial charge on any atom is 0.143 e. The number of hydrogen-bond donors (Lipinski definition) is 1. The van der Waals surface area contributed by atoms with Crippen LogP contribution in [0.3, 0.4) is 0 Å². The van der Waals surface area contributed by atoms with Crippen molar-refractivity contribution in [1.29, 1.82) is 0 Å². The van der Waals surface area contributed by atoms with Gasteiger partial charge in [0.2, 0.25) is 0 Å². The van der Waals surface area contributed by atoms with E-state index in [-0.39, 0.29) is 0 Å². The number of nitrogens with two attached hydrogens (primary N) is 1. The molecule has 0 aromatic heterocycles. The van der Waals surface area contributed by atoms with Gasteiger partial charge in [0.05, 0.1) is 11.8 Å². The Morgan fingerprint density at radius 2 is 2.15 bits per heavy atom. The molecule has 2 nitrogen and oxygen atoms in total. The maximum absolute atomic E-state index is 5.88. The molecule has 0 aliphatic heterocycles. The summed E-state index contributed by atoms with van der Waals surface area (Å²) in [6.07, 6.45) is 2.71. The topological polar surface area (TPSA) is 35.2 Å². The summed E-state index contributed by atoms with van der Waals surface area (Å²) in [6.45, 7) is 1.99. The van der Waals surface area contributed by atoms with Gasteiger partial charge in [-0.05, 0) is 37.5 Å². The van der Waals surface area contributed by atoms with E-state index in [9.17, 15) is 0 Å². The van der Waals surface area contributed by atoms with Crippen LogP contribution >= 0.6 is 15.9 Å². The van der Waals surface area contributed by atoms with Gasteiger partial charge >= 0.3 is 0 Å². The highest BCUT2D eigenvalue weighted by Gasteiger charge is 2.24. The first-order chi connectivity index (χ1) is 6.16. The Labute approximate surface area is 86.2 Å². The zero-order valence-electron chi connectivity index (χ0n) is 7.51. The van der Waals surface area contributed by atoms with E-state index in [1.807, 2.05) is 19.1 Å². The van der Waals surface area contributed by atoms with Gasteiger partial charge in [0.15, 0.2) is 0 Å². The third-order valence-electron chi connectivity index (χ3n) is 2.13. The summed E-state index contributed by atoms with van der Waals surface area (Å²) in [7, 11) is 0. The van der Waals surface area contributed by atoms with Gasteiger partial charge in [-0.15, -0.1) is 0 Å². The Hall–Kier alpha value is -0.700. The number of rotatable bonds is 2. The first kappa shape index (κ1) is 8.88. The molecule has 1 aliphatic carbocycles. The van der Waals surface area contributed by atoms with Gasteiger partial charge in [-0.3, -0.25) is 0 Å². The minimum Gasteiger partial charge on any atom is -0.488 e. The van der Waals surface area contributed by atoms with Crippen LogP contribution in [0, 0.1) is 6.92 Å². The third-order valence-corrected chi connectivity index (χ3v) is 2.59. The Balaban J connectivity index is 2.30. The van der Waals surface area contributed by atoms with E-state index >= 15 is 0 Å². The molecule has 1 saturated carbocycles. The number of hydrogen-bond acceptors (Lipinski definition) is 2. The standard InChI is InChI=1S/C10H12BrNO/c1-6-4-7(11)5-9(10(6)12)13-8-2-3-8/h4-5,8H,2-3,12H2,1H3. The van der Waals surface area contributed by atoms with Crippen LogP contribution in [0.2, 0.25) is 0 Å². The Bertz CT molecular complexity index is 334. The molecule has 0 spiro atoms. The smallest absolute Gasteiger partial charge is 0.143 e. The Kier molecular flexibility index (Phi) is 2.20. The second-order valence-corrected chi connectivity index (χ2v) is 4.37. The van der Waals surface area contributed by atoms with E-state index < -0.39 is 0 Å². The molecule has 2 N–H and O–H groups in total. The summed E-state index contributed by atoms with van der Waals surface area (Å²) in [4.78, 5) is 0. The molecule has 0 bridgehead atoms. The van der Waals surface area contributed by atoms with Crippen molar-refractivity contribution in [1.82, 2.24) is 0 Å². The van der Waals surface area contributed by atoms with Crippen LogP contribution in [0.4, 0.5) is 5.69 Å². The van der Waals surface area contributed by atoms with Gasteiger partial charge in [-0.25, -0.2) is 0 Å². The van der Waals surface area contributed by atoms with Crippen LogP contribution in [0.15, 0.2) is 16.6 Å². The van der Waals surface area contributed by atoms with Crippen molar-refractivity contribution in [3.8, 4) is 5.75 Å². The summed E-state index contributed by atoms with van der Waals surface area (Å²) >= 11 is 3.42. The molecule has 0 atom stereocenters. The lowest BCUT2D eigenvalue weighted by molar-refractivity contribution is 0.304. The van der Waals surface area contributed by atoms with E-state index in [1.54, 1.807) is 0 Å². The van der Waals surface area contributed by atoms with Gasteiger partial charge < -0.3 is 10.5 Å². The molecule has 1 aliphatic rings. The highest BCUT2D eigenvalue weighted by molar-refractivity contribution is 9.10. The first-order valence-electron chi connectivity index (χ1n) is 4.39. The second kappa shape index (κ2) is 3.22. The number of halogens is 1. The van der Waals surface area contributed by atoms with E-state index in [1.165, 1.54) is 0 Å². The van der Waals surface area contributed by atoms with Gasteiger partial charge in [-0.2, -0.15) is 0 Å². The third kappa shape index (κ3) is 1.97. The number of nitrogen functional groups attached to an aromatic ring is 1. The predicted molar refractivity (Wildman–Crippen MR) is 56.9 cm³/mol. The van der Waals surface area contributed by atoms with Crippen molar-refractivity contribution in [2.75, 3.05) is 5.73 Å². The fourth-order valence-electron chi connectivity index (χ4n) is 1.19. The number of anilines is 1. The molecule has 0 radical (unpaired) electrons. The summed E-state index contributed by atoms with van der Waals surface area (Å²) in [6, 6.07) is 3.93. The first-order valence-corrected chi connectivity index (χ1v) is 5.18. The van der Waals surface area contributed by atoms with Crippen molar-refractivity contribution >= 4 is 21.6 Å². The van der Waals surface area contributed by atoms with Gasteiger partial charge in [0.25, 0.3) is 0 Å². The fraction of sp³-hybridized carbons (Fsp3) is 0.400. The minimum atomic E-state index is 0.399. The zero-order valence-corrected chi connectivity index (χ0v) is 9.10. The van der Waals surface area contributed by atoms with E-state index in [4.69, 9.17) is 10.5 Å².